The van der Waals surface area contributed by atoms with Crippen molar-refractivity contribution < 1.29 is 28.8 Å². The van der Waals surface area contributed by atoms with Crippen LogP contribution in [0.25, 0.3) is 0 Å². The lowest BCUT2D eigenvalue weighted by Gasteiger charge is -2.30. The molecule has 0 bridgehead atoms. The number of fused-ring (bicyclic) bond motifs is 1. The smallest absolute Gasteiger partial charge is 0.325 e. The van der Waals surface area contributed by atoms with E-state index in [1.54, 1.807) is 19.2 Å². The molecule has 2 aliphatic rings. The lowest BCUT2D eigenvalue weighted by molar-refractivity contribution is -0.385. The molecule has 4 amide bonds. The van der Waals surface area contributed by atoms with E-state index in [9.17, 15) is 24.5 Å². The van der Waals surface area contributed by atoms with Crippen LogP contribution in [0.15, 0.2) is 48.5 Å². The van der Waals surface area contributed by atoms with Gasteiger partial charge in [0.15, 0.2) is 17.6 Å². The van der Waals surface area contributed by atoms with E-state index in [4.69, 9.17) is 9.47 Å². The Labute approximate surface area is 189 Å². The number of nitro benzene ring substituents is 1. The van der Waals surface area contributed by atoms with Crippen LogP contribution in [0.5, 0.6) is 11.5 Å². The number of nitro groups is 1. The maximum absolute atomic E-state index is 13.1. The average molecular weight is 454 g/mol. The number of hydrogen-bond donors (Lipinski definition) is 1. The SMILES string of the molecule is CN(CC1COc2ccccc2O1)C(=O)CN1C(=O)NC(C)(c2cccc([N+](=O)[O-])c2)C1=O. The second-order valence-electron chi connectivity index (χ2n) is 8.03. The van der Waals surface area contributed by atoms with Gasteiger partial charge in [-0.3, -0.25) is 24.6 Å². The van der Waals surface area contributed by atoms with E-state index in [0.717, 1.165) is 4.90 Å². The number of likely N-dealkylation sites (N-methyl/N-ethyl adjacent to an activating group) is 1. The lowest BCUT2D eigenvalue weighted by Crippen LogP contribution is -2.47. The molecule has 33 heavy (non-hydrogen) atoms. The number of nitrogens with one attached hydrogen (secondary N) is 1. The normalized spacial score (nSPS) is 21.5. The predicted octanol–water partition coefficient (Wildman–Crippen LogP) is 1.66. The van der Waals surface area contributed by atoms with Gasteiger partial charge in [0, 0.05) is 19.2 Å². The summed E-state index contributed by atoms with van der Waals surface area (Å²) in [6.07, 6.45) is -0.410. The van der Waals surface area contributed by atoms with Crippen molar-refractivity contribution in [1.82, 2.24) is 15.1 Å². The molecule has 2 aromatic rings. The van der Waals surface area contributed by atoms with Gasteiger partial charge in [0.05, 0.1) is 11.5 Å². The number of ether oxygens (including phenoxy) is 2. The first-order valence-electron chi connectivity index (χ1n) is 10.2. The second kappa shape index (κ2) is 8.41. The lowest BCUT2D eigenvalue weighted by atomic mass is 9.91. The van der Waals surface area contributed by atoms with Crippen LogP contribution < -0.4 is 14.8 Å². The maximum Gasteiger partial charge on any atom is 0.325 e. The number of para-hydroxylation sites is 2. The summed E-state index contributed by atoms with van der Waals surface area (Å²) in [4.78, 5) is 51.0. The van der Waals surface area contributed by atoms with Crippen molar-refractivity contribution in [1.29, 1.82) is 0 Å². The van der Waals surface area contributed by atoms with Crippen LogP contribution in [0.4, 0.5) is 10.5 Å². The van der Waals surface area contributed by atoms with E-state index < -0.39 is 41.0 Å². The molecule has 172 valence electrons. The number of imide groups is 1. The Balaban J connectivity index is 1.42. The summed E-state index contributed by atoms with van der Waals surface area (Å²) in [5, 5.41) is 13.6. The van der Waals surface area contributed by atoms with Crippen molar-refractivity contribution in [3.8, 4) is 11.5 Å². The molecule has 4 rings (SSSR count). The minimum absolute atomic E-state index is 0.193. The fourth-order valence-corrected chi connectivity index (χ4v) is 3.78. The molecule has 2 aliphatic heterocycles. The number of urea groups is 1. The topological polar surface area (TPSA) is 131 Å². The van der Waals surface area contributed by atoms with E-state index in [0.29, 0.717) is 11.5 Å². The largest absolute Gasteiger partial charge is 0.486 e. The van der Waals surface area contributed by atoms with Gasteiger partial charge < -0.3 is 19.7 Å². The summed E-state index contributed by atoms with van der Waals surface area (Å²) in [5.74, 6) is 0.0732. The summed E-state index contributed by atoms with van der Waals surface area (Å²) >= 11 is 0. The van der Waals surface area contributed by atoms with Crippen LogP contribution in [0, 0.1) is 10.1 Å². The number of benzene rings is 2. The van der Waals surface area contributed by atoms with Gasteiger partial charge in [-0.15, -0.1) is 0 Å². The van der Waals surface area contributed by atoms with Crippen molar-refractivity contribution in [2.24, 2.45) is 0 Å². The molecular formula is C22H22N4O7. The summed E-state index contributed by atoms with van der Waals surface area (Å²) < 4.78 is 11.5. The number of non-ortho nitro benzene ring substituents is 1. The number of carbonyl (C=O) groups excluding carboxylic acids is 3. The highest BCUT2D eigenvalue weighted by Crippen LogP contribution is 2.32. The number of amides is 4. The summed E-state index contributed by atoms with van der Waals surface area (Å²) in [7, 11) is 1.55. The molecule has 1 fully saturated rings. The van der Waals surface area contributed by atoms with Crippen LogP contribution in [0.3, 0.4) is 0 Å². The van der Waals surface area contributed by atoms with Gasteiger partial charge in [-0.1, -0.05) is 24.3 Å². The van der Waals surface area contributed by atoms with Crippen LogP contribution in [0.2, 0.25) is 0 Å². The Hall–Kier alpha value is -4.15. The molecule has 0 aromatic heterocycles. The minimum atomic E-state index is -1.52. The van der Waals surface area contributed by atoms with Crippen LogP contribution in [-0.2, 0) is 15.1 Å². The highest BCUT2D eigenvalue weighted by atomic mass is 16.6. The fourth-order valence-electron chi connectivity index (χ4n) is 3.78. The molecule has 1 N–H and O–H groups in total. The maximum atomic E-state index is 13.1. The van der Waals surface area contributed by atoms with Crippen molar-refractivity contribution >= 4 is 23.5 Å². The Morgan fingerprint density at radius 2 is 1.97 bits per heavy atom. The molecule has 0 radical (unpaired) electrons. The molecular weight excluding hydrogens is 432 g/mol. The molecule has 0 spiro atoms. The van der Waals surface area contributed by atoms with Gasteiger partial charge in [-0.2, -0.15) is 0 Å². The van der Waals surface area contributed by atoms with Crippen LogP contribution in [-0.4, -0.2) is 65.4 Å². The molecule has 2 atom stereocenters. The number of carbonyl (C=O) groups is 3. The number of nitrogens with zero attached hydrogens (tertiary/aromatic N) is 3. The molecule has 0 saturated carbocycles. The zero-order chi connectivity index (χ0) is 23.8. The second-order valence-corrected chi connectivity index (χ2v) is 8.03. The molecule has 1 saturated heterocycles. The Morgan fingerprint density at radius 3 is 2.70 bits per heavy atom. The Morgan fingerprint density at radius 1 is 1.24 bits per heavy atom. The summed E-state index contributed by atoms with van der Waals surface area (Å²) in [5.41, 5.74) is -1.47. The third-order valence-electron chi connectivity index (χ3n) is 5.67. The predicted molar refractivity (Wildman–Crippen MR) is 115 cm³/mol. The average Bonchev–Trinajstić information content (AvgIpc) is 3.02. The Kier molecular flexibility index (Phi) is 5.62. The molecule has 11 nitrogen and oxygen atoms in total. The standard InChI is InChI=1S/C22H22N4O7/c1-22(14-6-5-7-15(10-14)26(30)31)20(28)25(21(29)23-22)12-19(27)24(2)11-16-13-32-17-8-3-4-9-18(17)33-16/h3-10,16H,11-13H2,1-2H3,(H,23,29). The van der Waals surface area contributed by atoms with Gasteiger partial charge in [0.25, 0.3) is 11.6 Å². The summed E-state index contributed by atoms with van der Waals surface area (Å²) in [6.45, 7) is 1.42. The van der Waals surface area contributed by atoms with E-state index >= 15 is 0 Å². The number of rotatable bonds is 6. The van der Waals surface area contributed by atoms with Crippen molar-refractivity contribution in [2.75, 3.05) is 26.7 Å². The van der Waals surface area contributed by atoms with Crippen LogP contribution >= 0.6 is 0 Å². The number of hydrogen-bond acceptors (Lipinski definition) is 7. The first kappa shape index (κ1) is 22.1. The molecule has 11 heteroatoms. The zero-order valence-corrected chi connectivity index (χ0v) is 18.0. The molecule has 2 unspecified atom stereocenters. The minimum Gasteiger partial charge on any atom is -0.486 e. The van der Waals surface area contributed by atoms with Crippen LogP contribution in [0.1, 0.15) is 12.5 Å². The zero-order valence-electron chi connectivity index (χ0n) is 18.0. The quantitative estimate of drug-likeness (QED) is 0.399. The van der Waals surface area contributed by atoms with Crippen molar-refractivity contribution in [3.05, 3.63) is 64.2 Å². The van der Waals surface area contributed by atoms with E-state index in [1.165, 1.54) is 36.1 Å². The van der Waals surface area contributed by atoms with Gasteiger partial charge in [0.2, 0.25) is 5.91 Å². The van der Waals surface area contributed by atoms with Crippen molar-refractivity contribution in [3.63, 3.8) is 0 Å². The van der Waals surface area contributed by atoms with E-state index in [-0.39, 0.29) is 24.4 Å². The highest BCUT2D eigenvalue weighted by molar-refractivity contribution is 6.09. The fraction of sp³-hybridized carbons (Fsp3) is 0.318. The van der Waals surface area contributed by atoms with Gasteiger partial charge in [0.1, 0.15) is 18.7 Å². The first-order chi connectivity index (χ1) is 15.7. The Bertz CT molecular complexity index is 1140. The van der Waals surface area contributed by atoms with Gasteiger partial charge in [-0.05, 0) is 24.6 Å². The third-order valence-corrected chi connectivity index (χ3v) is 5.67. The first-order valence-corrected chi connectivity index (χ1v) is 10.2. The van der Waals surface area contributed by atoms with E-state index in [1.807, 2.05) is 12.1 Å². The monoisotopic (exact) mass is 454 g/mol. The highest BCUT2D eigenvalue weighted by Gasteiger charge is 2.50. The van der Waals surface area contributed by atoms with Crippen molar-refractivity contribution in [2.45, 2.75) is 18.6 Å². The molecule has 2 aromatic carbocycles. The van der Waals surface area contributed by atoms with Gasteiger partial charge >= 0.3 is 6.03 Å². The van der Waals surface area contributed by atoms with E-state index in [2.05, 4.69) is 5.32 Å². The summed E-state index contributed by atoms with van der Waals surface area (Å²) in [6, 6.07) is 11.9. The van der Waals surface area contributed by atoms with Gasteiger partial charge in [-0.25, -0.2) is 4.79 Å². The molecule has 2 heterocycles. The molecule has 0 aliphatic carbocycles. The third kappa shape index (κ3) is 4.16.